The standard InChI is InChI=1S/C18H11ClF3NO3/c19-12-3-1-2-11(10-12)15-8-9-16(25-15)17(24)23-13-4-6-14(7-5-13)26-18(20,21)22/h1-10H,(H,23,24). The minimum atomic E-state index is -4.77. The van der Waals surface area contributed by atoms with E-state index in [2.05, 4.69) is 10.1 Å². The van der Waals surface area contributed by atoms with Crippen LogP contribution in [0.1, 0.15) is 10.6 Å². The maximum absolute atomic E-state index is 12.2. The molecule has 134 valence electrons. The van der Waals surface area contributed by atoms with Crippen LogP contribution in [0.2, 0.25) is 5.02 Å². The summed E-state index contributed by atoms with van der Waals surface area (Å²) in [5.41, 5.74) is 1.01. The minimum Gasteiger partial charge on any atom is -0.451 e. The van der Waals surface area contributed by atoms with E-state index in [4.69, 9.17) is 16.0 Å². The van der Waals surface area contributed by atoms with Gasteiger partial charge in [0.2, 0.25) is 0 Å². The molecule has 0 radical (unpaired) electrons. The van der Waals surface area contributed by atoms with Crippen LogP contribution >= 0.6 is 11.6 Å². The van der Waals surface area contributed by atoms with E-state index in [-0.39, 0.29) is 11.5 Å². The van der Waals surface area contributed by atoms with Crippen LogP contribution in [0.4, 0.5) is 18.9 Å². The Labute approximate surface area is 151 Å². The minimum absolute atomic E-state index is 0.0515. The summed E-state index contributed by atoms with van der Waals surface area (Å²) in [5, 5.41) is 3.06. The largest absolute Gasteiger partial charge is 0.573 e. The van der Waals surface area contributed by atoms with Gasteiger partial charge in [0, 0.05) is 16.3 Å². The number of alkyl halides is 3. The lowest BCUT2D eigenvalue weighted by molar-refractivity contribution is -0.274. The summed E-state index contributed by atoms with van der Waals surface area (Å²) in [6.07, 6.45) is -4.77. The van der Waals surface area contributed by atoms with E-state index in [0.717, 1.165) is 12.1 Å². The molecule has 0 spiro atoms. The molecule has 0 unspecified atom stereocenters. The van der Waals surface area contributed by atoms with Crippen molar-refractivity contribution in [2.45, 2.75) is 6.36 Å². The zero-order chi connectivity index (χ0) is 18.7. The van der Waals surface area contributed by atoms with Crippen LogP contribution in [0.15, 0.2) is 65.1 Å². The molecule has 0 aliphatic carbocycles. The summed E-state index contributed by atoms with van der Waals surface area (Å²) in [7, 11) is 0. The zero-order valence-corrected chi connectivity index (χ0v) is 13.8. The van der Waals surface area contributed by atoms with Crippen LogP contribution in [0, 0.1) is 0 Å². The number of nitrogens with one attached hydrogen (secondary N) is 1. The number of hydrogen-bond acceptors (Lipinski definition) is 3. The second-order valence-corrected chi connectivity index (χ2v) is 5.64. The number of furan rings is 1. The maximum atomic E-state index is 12.2. The number of amides is 1. The average molecular weight is 382 g/mol. The van der Waals surface area contributed by atoms with Crippen molar-refractivity contribution < 1.29 is 27.1 Å². The Morgan fingerprint density at radius 1 is 1.04 bits per heavy atom. The van der Waals surface area contributed by atoms with E-state index in [1.165, 1.54) is 18.2 Å². The summed E-state index contributed by atoms with van der Waals surface area (Å²) in [6, 6.07) is 14.9. The molecular weight excluding hydrogens is 371 g/mol. The topological polar surface area (TPSA) is 51.5 Å². The van der Waals surface area contributed by atoms with Crippen LogP contribution in [0.25, 0.3) is 11.3 Å². The Balaban J connectivity index is 1.69. The lowest BCUT2D eigenvalue weighted by Crippen LogP contribution is -2.17. The Morgan fingerprint density at radius 2 is 1.77 bits per heavy atom. The fourth-order valence-corrected chi connectivity index (χ4v) is 2.38. The molecule has 4 nitrogen and oxygen atoms in total. The molecule has 8 heteroatoms. The van der Waals surface area contributed by atoms with E-state index in [1.54, 1.807) is 30.3 Å². The molecule has 1 N–H and O–H groups in total. The molecule has 2 aromatic carbocycles. The monoisotopic (exact) mass is 381 g/mol. The Morgan fingerprint density at radius 3 is 2.42 bits per heavy atom. The first-order valence-electron chi connectivity index (χ1n) is 7.33. The number of benzene rings is 2. The highest BCUT2D eigenvalue weighted by Crippen LogP contribution is 2.26. The van der Waals surface area contributed by atoms with Gasteiger partial charge < -0.3 is 14.5 Å². The average Bonchev–Trinajstić information content (AvgIpc) is 3.05. The van der Waals surface area contributed by atoms with Gasteiger partial charge in [-0.3, -0.25) is 4.79 Å². The molecule has 3 rings (SSSR count). The molecule has 0 atom stereocenters. The number of halogens is 4. The zero-order valence-electron chi connectivity index (χ0n) is 13.0. The molecule has 0 bridgehead atoms. The van der Waals surface area contributed by atoms with E-state index in [9.17, 15) is 18.0 Å². The SMILES string of the molecule is O=C(Nc1ccc(OC(F)(F)F)cc1)c1ccc(-c2cccc(Cl)c2)o1. The number of carbonyl (C=O) groups excluding carboxylic acids is 1. The molecule has 1 aromatic heterocycles. The summed E-state index contributed by atoms with van der Waals surface area (Å²) in [6.45, 7) is 0. The van der Waals surface area contributed by atoms with E-state index in [0.29, 0.717) is 22.0 Å². The first-order valence-corrected chi connectivity index (χ1v) is 7.71. The van der Waals surface area contributed by atoms with Gasteiger partial charge in [-0.2, -0.15) is 0 Å². The first-order chi connectivity index (χ1) is 12.3. The fraction of sp³-hybridized carbons (Fsp3) is 0.0556. The smallest absolute Gasteiger partial charge is 0.451 e. The quantitative estimate of drug-likeness (QED) is 0.626. The van der Waals surface area contributed by atoms with Crippen LogP contribution in [-0.4, -0.2) is 12.3 Å². The van der Waals surface area contributed by atoms with Gasteiger partial charge in [-0.25, -0.2) is 0 Å². The Kier molecular flexibility index (Phi) is 4.90. The second-order valence-electron chi connectivity index (χ2n) is 5.20. The second kappa shape index (κ2) is 7.13. The normalized spacial score (nSPS) is 11.2. The summed E-state index contributed by atoms with van der Waals surface area (Å²) >= 11 is 5.92. The highest BCUT2D eigenvalue weighted by molar-refractivity contribution is 6.30. The van der Waals surface area contributed by atoms with Crippen LogP contribution in [-0.2, 0) is 0 Å². The molecule has 1 heterocycles. The van der Waals surface area contributed by atoms with Gasteiger partial charge in [0.1, 0.15) is 11.5 Å². The predicted molar refractivity (Wildman–Crippen MR) is 90.2 cm³/mol. The summed E-state index contributed by atoms with van der Waals surface area (Å²) in [4.78, 5) is 12.2. The van der Waals surface area contributed by atoms with Crippen LogP contribution < -0.4 is 10.1 Å². The molecule has 0 aliphatic rings. The lowest BCUT2D eigenvalue weighted by atomic mass is 10.2. The van der Waals surface area contributed by atoms with Gasteiger partial charge in [0.15, 0.2) is 5.76 Å². The molecule has 0 saturated heterocycles. The first kappa shape index (κ1) is 17.9. The van der Waals surface area contributed by atoms with E-state index < -0.39 is 12.3 Å². The van der Waals surface area contributed by atoms with Crippen LogP contribution in [0.5, 0.6) is 5.75 Å². The Hall–Kier alpha value is -2.93. The van der Waals surface area contributed by atoms with Crippen molar-refractivity contribution in [3.8, 4) is 17.1 Å². The third kappa shape index (κ3) is 4.58. The van der Waals surface area contributed by atoms with Crippen molar-refractivity contribution in [1.29, 1.82) is 0 Å². The molecule has 26 heavy (non-hydrogen) atoms. The van der Waals surface area contributed by atoms with Crippen molar-refractivity contribution in [3.63, 3.8) is 0 Å². The lowest BCUT2D eigenvalue weighted by Gasteiger charge is -2.09. The molecule has 3 aromatic rings. The highest BCUT2D eigenvalue weighted by Gasteiger charge is 2.31. The van der Waals surface area contributed by atoms with Gasteiger partial charge >= 0.3 is 6.36 Å². The molecular formula is C18H11ClF3NO3. The maximum Gasteiger partial charge on any atom is 0.573 e. The number of ether oxygens (including phenoxy) is 1. The Bertz CT molecular complexity index is 920. The fourth-order valence-electron chi connectivity index (χ4n) is 2.19. The number of carbonyl (C=O) groups is 1. The highest BCUT2D eigenvalue weighted by atomic mass is 35.5. The van der Waals surface area contributed by atoms with Gasteiger partial charge in [0.25, 0.3) is 5.91 Å². The van der Waals surface area contributed by atoms with Gasteiger partial charge in [-0.15, -0.1) is 13.2 Å². The van der Waals surface area contributed by atoms with Crippen molar-refractivity contribution >= 4 is 23.2 Å². The number of hydrogen-bond donors (Lipinski definition) is 1. The van der Waals surface area contributed by atoms with Crippen molar-refractivity contribution in [3.05, 3.63) is 71.4 Å². The third-order valence-electron chi connectivity index (χ3n) is 3.28. The van der Waals surface area contributed by atoms with Crippen molar-refractivity contribution in [2.24, 2.45) is 0 Å². The molecule has 0 aliphatic heterocycles. The van der Waals surface area contributed by atoms with Crippen molar-refractivity contribution in [2.75, 3.05) is 5.32 Å². The summed E-state index contributed by atoms with van der Waals surface area (Å²) in [5.74, 6) is -0.401. The molecule has 1 amide bonds. The third-order valence-corrected chi connectivity index (χ3v) is 3.52. The van der Waals surface area contributed by atoms with Crippen molar-refractivity contribution in [1.82, 2.24) is 0 Å². The van der Waals surface area contributed by atoms with E-state index >= 15 is 0 Å². The number of rotatable bonds is 4. The summed E-state index contributed by atoms with van der Waals surface area (Å²) < 4.78 is 45.7. The van der Waals surface area contributed by atoms with Gasteiger partial charge in [-0.1, -0.05) is 23.7 Å². The number of anilines is 1. The van der Waals surface area contributed by atoms with Gasteiger partial charge in [-0.05, 0) is 48.5 Å². The molecule has 0 saturated carbocycles. The predicted octanol–water partition coefficient (Wildman–Crippen LogP) is 5.75. The van der Waals surface area contributed by atoms with E-state index in [1.807, 2.05) is 0 Å². The molecule has 0 fully saturated rings. The van der Waals surface area contributed by atoms with Crippen LogP contribution in [0.3, 0.4) is 0 Å². The van der Waals surface area contributed by atoms with Gasteiger partial charge in [0.05, 0.1) is 0 Å².